The summed E-state index contributed by atoms with van der Waals surface area (Å²) >= 11 is 1.36. The lowest BCUT2D eigenvalue weighted by Crippen LogP contribution is -2.04. The molecule has 0 atom stereocenters. The fraction of sp³-hybridized carbons (Fsp3) is 0.273. The van der Waals surface area contributed by atoms with E-state index in [1.54, 1.807) is 18.2 Å². The molecule has 0 aromatic heterocycles. The van der Waals surface area contributed by atoms with E-state index in [1.807, 2.05) is 6.26 Å². The van der Waals surface area contributed by atoms with Gasteiger partial charge in [-0.05, 0) is 24.8 Å². The van der Waals surface area contributed by atoms with Gasteiger partial charge < -0.3 is 5.11 Å². The molecule has 0 spiro atoms. The summed E-state index contributed by atoms with van der Waals surface area (Å²) < 4.78 is 0. The molecular formula is C11H12O3S. The number of Topliss-reactive ketones (excluding diaryl/α,β-unsaturated/α-hetero) is 1. The maximum Gasteiger partial charge on any atom is 0.336 e. The Morgan fingerprint density at radius 2 is 2.07 bits per heavy atom. The number of carbonyl (C=O) groups excluding carboxylic acids is 1. The van der Waals surface area contributed by atoms with Crippen molar-refractivity contribution in [1.82, 2.24) is 0 Å². The number of carbonyl (C=O) groups is 2. The first-order valence-electron chi connectivity index (χ1n) is 4.45. The molecule has 4 heteroatoms. The number of carboxylic acid groups (broad SMARTS) is 1. The molecule has 0 radical (unpaired) electrons. The van der Waals surface area contributed by atoms with E-state index in [1.165, 1.54) is 18.7 Å². The maximum atomic E-state index is 11.0. The van der Waals surface area contributed by atoms with Crippen LogP contribution < -0.4 is 0 Å². The van der Waals surface area contributed by atoms with Gasteiger partial charge in [0.15, 0.2) is 0 Å². The Labute approximate surface area is 92.5 Å². The number of hydrogen-bond donors (Lipinski definition) is 1. The topological polar surface area (TPSA) is 54.4 Å². The van der Waals surface area contributed by atoms with Gasteiger partial charge in [-0.1, -0.05) is 12.1 Å². The Bertz CT molecular complexity index is 399. The first kappa shape index (κ1) is 11.8. The van der Waals surface area contributed by atoms with Crippen molar-refractivity contribution in [2.75, 3.05) is 6.26 Å². The minimum absolute atomic E-state index is 0.0350. The highest BCUT2D eigenvalue weighted by Crippen LogP contribution is 2.25. The van der Waals surface area contributed by atoms with Gasteiger partial charge in [0.2, 0.25) is 0 Å². The summed E-state index contributed by atoms with van der Waals surface area (Å²) in [5.74, 6) is -0.919. The SMILES string of the molecule is CSc1c(CC(C)=O)cccc1C(=O)O. The summed E-state index contributed by atoms with van der Waals surface area (Å²) in [6.45, 7) is 1.50. The molecule has 0 heterocycles. The highest BCUT2D eigenvalue weighted by atomic mass is 32.2. The third-order valence-corrected chi connectivity index (χ3v) is 2.86. The lowest BCUT2D eigenvalue weighted by atomic mass is 10.1. The van der Waals surface area contributed by atoms with Gasteiger partial charge in [-0.25, -0.2) is 4.79 Å². The van der Waals surface area contributed by atoms with Gasteiger partial charge in [0.1, 0.15) is 5.78 Å². The zero-order chi connectivity index (χ0) is 11.4. The van der Waals surface area contributed by atoms with Crippen LogP contribution in [0.3, 0.4) is 0 Å². The predicted octanol–water partition coefficient (Wildman–Crippen LogP) is 2.24. The maximum absolute atomic E-state index is 11.0. The van der Waals surface area contributed by atoms with E-state index in [9.17, 15) is 9.59 Å². The molecule has 0 aliphatic rings. The molecule has 3 nitrogen and oxygen atoms in total. The van der Waals surface area contributed by atoms with Crippen molar-refractivity contribution in [2.45, 2.75) is 18.2 Å². The Morgan fingerprint density at radius 1 is 1.40 bits per heavy atom. The quantitative estimate of drug-likeness (QED) is 0.797. The molecule has 0 aliphatic carbocycles. The van der Waals surface area contributed by atoms with Crippen molar-refractivity contribution >= 4 is 23.5 Å². The zero-order valence-electron chi connectivity index (χ0n) is 8.61. The normalized spacial score (nSPS) is 10.0. The summed E-state index contributed by atoms with van der Waals surface area (Å²) in [6, 6.07) is 5.01. The summed E-state index contributed by atoms with van der Waals surface area (Å²) in [5, 5.41) is 8.96. The van der Waals surface area contributed by atoms with E-state index in [0.29, 0.717) is 4.90 Å². The molecular weight excluding hydrogens is 212 g/mol. The lowest BCUT2D eigenvalue weighted by molar-refractivity contribution is -0.116. The Kier molecular flexibility index (Phi) is 3.91. The van der Waals surface area contributed by atoms with Gasteiger partial charge in [0.05, 0.1) is 5.56 Å². The van der Waals surface area contributed by atoms with Crippen molar-refractivity contribution in [3.05, 3.63) is 29.3 Å². The number of carboxylic acids is 1. The first-order valence-corrected chi connectivity index (χ1v) is 5.67. The van der Waals surface area contributed by atoms with Crippen molar-refractivity contribution in [3.63, 3.8) is 0 Å². The number of rotatable bonds is 4. The summed E-state index contributed by atoms with van der Waals surface area (Å²) in [6.07, 6.45) is 2.10. The average Bonchev–Trinajstić information content (AvgIpc) is 2.16. The molecule has 0 amide bonds. The Hall–Kier alpha value is -1.29. The second-order valence-corrected chi connectivity index (χ2v) is 4.00. The van der Waals surface area contributed by atoms with Crippen molar-refractivity contribution in [2.24, 2.45) is 0 Å². The van der Waals surface area contributed by atoms with Crippen LogP contribution in [-0.2, 0) is 11.2 Å². The summed E-state index contributed by atoms with van der Waals surface area (Å²) in [7, 11) is 0. The van der Waals surface area contributed by atoms with E-state index >= 15 is 0 Å². The van der Waals surface area contributed by atoms with E-state index in [4.69, 9.17) is 5.11 Å². The van der Waals surface area contributed by atoms with E-state index in [2.05, 4.69) is 0 Å². The Balaban J connectivity index is 3.21. The molecule has 1 aromatic rings. The van der Waals surface area contributed by atoms with Gasteiger partial charge >= 0.3 is 5.97 Å². The van der Waals surface area contributed by atoms with Crippen LogP contribution in [0.2, 0.25) is 0 Å². The monoisotopic (exact) mass is 224 g/mol. The van der Waals surface area contributed by atoms with Crippen molar-refractivity contribution in [1.29, 1.82) is 0 Å². The predicted molar refractivity (Wildman–Crippen MR) is 59.6 cm³/mol. The summed E-state index contributed by atoms with van der Waals surface area (Å²) in [4.78, 5) is 22.6. The van der Waals surface area contributed by atoms with Gasteiger partial charge in [-0.3, -0.25) is 4.79 Å². The van der Waals surface area contributed by atoms with Gasteiger partial charge in [-0.2, -0.15) is 0 Å². The molecule has 0 fully saturated rings. The molecule has 1 N–H and O–H groups in total. The molecule has 0 saturated carbocycles. The number of thioether (sulfide) groups is 1. The molecule has 1 rings (SSSR count). The Morgan fingerprint density at radius 3 is 2.53 bits per heavy atom. The zero-order valence-corrected chi connectivity index (χ0v) is 9.43. The van der Waals surface area contributed by atoms with E-state index < -0.39 is 5.97 Å². The van der Waals surface area contributed by atoms with Gasteiger partial charge in [0.25, 0.3) is 0 Å². The van der Waals surface area contributed by atoms with E-state index in [-0.39, 0.29) is 17.8 Å². The van der Waals surface area contributed by atoms with E-state index in [0.717, 1.165) is 5.56 Å². The molecule has 0 aliphatic heterocycles. The highest BCUT2D eigenvalue weighted by molar-refractivity contribution is 7.98. The number of hydrogen-bond acceptors (Lipinski definition) is 3. The van der Waals surface area contributed by atoms with Crippen LogP contribution in [-0.4, -0.2) is 23.1 Å². The molecule has 0 saturated heterocycles. The third kappa shape index (κ3) is 2.83. The second-order valence-electron chi connectivity index (χ2n) is 3.18. The van der Waals surface area contributed by atoms with Gasteiger partial charge in [0, 0.05) is 11.3 Å². The fourth-order valence-corrected chi connectivity index (χ4v) is 2.18. The van der Waals surface area contributed by atoms with Crippen molar-refractivity contribution in [3.8, 4) is 0 Å². The highest BCUT2D eigenvalue weighted by Gasteiger charge is 2.13. The summed E-state index contributed by atoms with van der Waals surface area (Å²) in [5.41, 5.74) is 1.05. The smallest absolute Gasteiger partial charge is 0.336 e. The van der Waals surface area contributed by atoms with Crippen LogP contribution in [0.5, 0.6) is 0 Å². The molecule has 15 heavy (non-hydrogen) atoms. The first-order chi connectivity index (χ1) is 7.06. The van der Waals surface area contributed by atoms with Gasteiger partial charge in [-0.15, -0.1) is 11.8 Å². The van der Waals surface area contributed by atoms with Crippen LogP contribution in [0, 0.1) is 0 Å². The average molecular weight is 224 g/mol. The number of ketones is 1. The van der Waals surface area contributed by atoms with Crippen LogP contribution in [0.4, 0.5) is 0 Å². The minimum Gasteiger partial charge on any atom is -0.478 e. The number of benzene rings is 1. The molecule has 80 valence electrons. The lowest BCUT2D eigenvalue weighted by Gasteiger charge is -2.08. The molecule has 0 unspecified atom stereocenters. The third-order valence-electron chi connectivity index (χ3n) is 1.97. The standard InChI is InChI=1S/C11H12O3S/c1-7(12)6-8-4-3-5-9(11(13)14)10(8)15-2/h3-5H,6H2,1-2H3,(H,13,14). The number of aromatic carboxylic acids is 1. The fourth-order valence-electron chi connectivity index (χ4n) is 1.40. The second kappa shape index (κ2) is 4.98. The van der Waals surface area contributed by atoms with Crippen LogP contribution in [0.1, 0.15) is 22.8 Å². The molecule has 1 aromatic carbocycles. The van der Waals surface area contributed by atoms with Crippen LogP contribution in [0.25, 0.3) is 0 Å². The van der Waals surface area contributed by atoms with Crippen LogP contribution in [0.15, 0.2) is 23.1 Å². The largest absolute Gasteiger partial charge is 0.478 e. The van der Waals surface area contributed by atoms with Crippen LogP contribution >= 0.6 is 11.8 Å². The van der Waals surface area contributed by atoms with Crippen molar-refractivity contribution < 1.29 is 14.7 Å². The molecule has 0 bridgehead atoms. The minimum atomic E-state index is -0.954.